The van der Waals surface area contributed by atoms with E-state index in [2.05, 4.69) is 20.3 Å². The van der Waals surface area contributed by atoms with E-state index in [-0.39, 0.29) is 18.0 Å². The number of carboxylic acid groups (broad SMARTS) is 1. The highest BCUT2D eigenvalue weighted by Gasteiger charge is 2.37. The number of thiazole rings is 1. The molecule has 3 heterocycles. The molecule has 2 N–H and O–H groups in total. The van der Waals surface area contributed by atoms with Crippen molar-refractivity contribution in [3.8, 4) is 10.7 Å². The minimum absolute atomic E-state index is 0.136. The topological polar surface area (TPSA) is 114 Å². The van der Waals surface area contributed by atoms with Gasteiger partial charge in [0.05, 0.1) is 18.2 Å². The fourth-order valence-electron chi connectivity index (χ4n) is 2.61. The lowest BCUT2D eigenvalue weighted by Gasteiger charge is -2.36. The molecule has 0 aliphatic carbocycles. The first kappa shape index (κ1) is 16.5. The number of nitrogens with one attached hydrogen (secondary N) is 1. The first-order chi connectivity index (χ1) is 11.6. The molecule has 1 amide bonds. The third-order valence-electron chi connectivity index (χ3n) is 3.84. The van der Waals surface area contributed by atoms with Gasteiger partial charge in [-0.3, -0.25) is 19.6 Å². The summed E-state index contributed by atoms with van der Waals surface area (Å²) in [5.74, 6) is -1.33. The van der Waals surface area contributed by atoms with Crippen LogP contribution in [0.15, 0.2) is 24.0 Å². The van der Waals surface area contributed by atoms with Gasteiger partial charge in [0, 0.05) is 31.0 Å². The molecule has 0 unspecified atom stereocenters. The van der Waals surface area contributed by atoms with E-state index in [4.69, 9.17) is 9.84 Å². The lowest BCUT2D eigenvalue weighted by molar-refractivity contribution is -0.139. The molecule has 1 saturated heterocycles. The molecule has 0 aromatic carbocycles. The quantitative estimate of drug-likeness (QED) is 0.838. The smallest absolute Gasteiger partial charge is 0.305 e. The second-order valence-electron chi connectivity index (χ2n) is 5.55. The molecule has 1 aliphatic heterocycles. The van der Waals surface area contributed by atoms with Gasteiger partial charge in [-0.25, -0.2) is 4.98 Å². The van der Waals surface area contributed by atoms with E-state index in [9.17, 15) is 9.59 Å². The first-order valence-electron chi connectivity index (χ1n) is 7.42. The summed E-state index contributed by atoms with van der Waals surface area (Å²) in [5, 5.41) is 14.2. The Labute approximate surface area is 141 Å². The SMILES string of the molecule is O=C(O)CC1(NC(=O)c2csc(-c3cnccn3)n2)CCOCC1. The zero-order valence-corrected chi connectivity index (χ0v) is 13.6. The number of hydrogen-bond donors (Lipinski definition) is 2. The zero-order chi connectivity index (χ0) is 17.0. The standard InChI is InChI=1S/C15H16N4O4S/c20-12(21)7-15(1-5-23-6-2-15)19-13(22)11-9-24-14(18-11)10-8-16-3-4-17-10/h3-4,8-9H,1-2,5-7H2,(H,19,22)(H,20,21). The number of rotatable bonds is 5. The molecule has 3 rings (SSSR count). The van der Waals surface area contributed by atoms with E-state index in [1.54, 1.807) is 24.0 Å². The summed E-state index contributed by atoms with van der Waals surface area (Å²) in [4.78, 5) is 36.1. The Morgan fingerprint density at radius 3 is 2.79 bits per heavy atom. The van der Waals surface area contributed by atoms with Crippen molar-refractivity contribution in [1.82, 2.24) is 20.3 Å². The molecule has 126 valence electrons. The zero-order valence-electron chi connectivity index (χ0n) is 12.8. The molecule has 2 aromatic heterocycles. The molecule has 1 fully saturated rings. The molecule has 0 spiro atoms. The molecule has 0 atom stereocenters. The van der Waals surface area contributed by atoms with Crippen molar-refractivity contribution in [2.45, 2.75) is 24.8 Å². The molecular formula is C15H16N4O4S. The van der Waals surface area contributed by atoms with Crippen LogP contribution < -0.4 is 5.32 Å². The van der Waals surface area contributed by atoms with Gasteiger partial charge in [-0.15, -0.1) is 11.3 Å². The molecule has 0 radical (unpaired) electrons. The number of ether oxygens (including phenoxy) is 1. The minimum atomic E-state index is -0.948. The van der Waals surface area contributed by atoms with Gasteiger partial charge in [0.2, 0.25) is 0 Å². The monoisotopic (exact) mass is 348 g/mol. The maximum Gasteiger partial charge on any atom is 0.305 e. The van der Waals surface area contributed by atoms with Crippen LogP contribution in [-0.2, 0) is 9.53 Å². The molecule has 0 saturated carbocycles. The van der Waals surface area contributed by atoms with Crippen LogP contribution in [0.4, 0.5) is 0 Å². The lowest BCUT2D eigenvalue weighted by Crippen LogP contribution is -2.53. The van der Waals surface area contributed by atoms with Crippen LogP contribution in [0.1, 0.15) is 29.8 Å². The van der Waals surface area contributed by atoms with E-state index >= 15 is 0 Å². The number of carboxylic acids is 1. The van der Waals surface area contributed by atoms with E-state index < -0.39 is 11.5 Å². The van der Waals surface area contributed by atoms with Gasteiger partial charge in [-0.1, -0.05) is 0 Å². The largest absolute Gasteiger partial charge is 0.481 e. The van der Waals surface area contributed by atoms with Crippen LogP contribution in [-0.4, -0.2) is 50.7 Å². The predicted octanol–water partition coefficient (Wildman–Crippen LogP) is 1.35. The summed E-state index contributed by atoms with van der Waals surface area (Å²) >= 11 is 1.29. The number of carbonyl (C=O) groups is 2. The van der Waals surface area contributed by atoms with Crippen molar-refractivity contribution >= 4 is 23.2 Å². The predicted molar refractivity (Wildman–Crippen MR) is 85.6 cm³/mol. The summed E-state index contributed by atoms with van der Waals surface area (Å²) in [7, 11) is 0. The highest BCUT2D eigenvalue weighted by Crippen LogP contribution is 2.26. The highest BCUT2D eigenvalue weighted by atomic mass is 32.1. The molecule has 1 aliphatic rings. The van der Waals surface area contributed by atoms with Crippen LogP contribution in [0.5, 0.6) is 0 Å². The fraction of sp³-hybridized carbons (Fsp3) is 0.400. The van der Waals surface area contributed by atoms with Crippen molar-refractivity contribution in [2.24, 2.45) is 0 Å². The number of aliphatic carboxylic acids is 1. The van der Waals surface area contributed by atoms with Crippen LogP contribution in [0.3, 0.4) is 0 Å². The van der Waals surface area contributed by atoms with E-state index in [1.165, 1.54) is 11.3 Å². The van der Waals surface area contributed by atoms with Gasteiger partial charge < -0.3 is 15.2 Å². The number of carbonyl (C=O) groups excluding carboxylic acids is 1. The second kappa shape index (κ2) is 7.02. The van der Waals surface area contributed by atoms with Crippen LogP contribution in [0, 0.1) is 0 Å². The van der Waals surface area contributed by atoms with Gasteiger partial charge in [0.15, 0.2) is 0 Å². The third kappa shape index (κ3) is 3.74. The number of amides is 1. The molecule has 8 nitrogen and oxygen atoms in total. The summed E-state index contributed by atoms with van der Waals surface area (Å²) in [6.45, 7) is 0.852. The summed E-state index contributed by atoms with van der Waals surface area (Å²) in [5.41, 5.74) is 0.0436. The Balaban J connectivity index is 1.76. The van der Waals surface area contributed by atoms with Gasteiger partial charge in [0.25, 0.3) is 5.91 Å². The molecular weight excluding hydrogens is 332 g/mol. The average Bonchev–Trinajstić information content (AvgIpc) is 3.06. The first-order valence-corrected chi connectivity index (χ1v) is 8.30. The van der Waals surface area contributed by atoms with Crippen molar-refractivity contribution in [3.05, 3.63) is 29.7 Å². The van der Waals surface area contributed by atoms with E-state index in [0.29, 0.717) is 36.8 Å². The second-order valence-corrected chi connectivity index (χ2v) is 6.40. The van der Waals surface area contributed by atoms with Gasteiger partial charge in [-0.05, 0) is 12.8 Å². The van der Waals surface area contributed by atoms with Crippen molar-refractivity contribution in [2.75, 3.05) is 13.2 Å². The minimum Gasteiger partial charge on any atom is -0.481 e. The Morgan fingerprint density at radius 2 is 2.12 bits per heavy atom. The fourth-order valence-corrected chi connectivity index (χ4v) is 3.37. The Bertz CT molecular complexity index is 728. The number of nitrogens with zero attached hydrogens (tertiary/aromatic N) is 3. The van der Waals surface area contributed by atoms with Crippen LogP contribution >= 0.6 is 11.3 Å². The van der Waals surface area contributed by atoms with Gasteiger partial charge >= 0.3 is 5.97 Å². The van der Waals surface area contributed by atoms with E-state index in [1.807, 2.05) is 0 Å². The molecule has 2 aromatic rings. The maximum atomic E-state index is 12.5. The molecule has 0 bridgehead atoms. The Kier molecular flexibility index (Phi) is 4.81. The van der Waals surface area contributed by atoms with Gasteiger partial charge in [0.1, 0.15) is 16.4 Å². The van der Waals surface area contributed by atoms with Crippen molar-refractivity contribution < 1.29 is 19.4 Å². The highest BCUT2D eigenvalue weighted by molar-refractivity contribution is 7.13. The number of aromatic nitrogens is 3. The van der Waals surface area contributed by atoms with Crippen molar-refractivity contribution in [3.63, 3.8) is 0 Å². The molecule has 9 heteroatoms. The number of hydrogen-bond acceptors (Lipinski definition) is 7. The summed E-state index contributed by atoms with van der Waals surface area (Å²) in [6, 6.07) is 0. The van der Waals surface area contributed by atoms with Crippen molar-refractivity contribution in [1.29, 1.82) is 0 Å². The Morgan fingerprint density at radius 1 is 1.33 bits per heavy atom. The summed E-state index contributed by atoms with van der Waals surface area (Å²) < 4.78 is 5.28. The maximum absolute atomic E-state index is 12.5. The van der Waals surface area contributed by atoms with Gasteiger partial charge in [-0.2, -0.15) is 0 Å². The molecule has 24 heavy (non-hydrogen) atoms. The average molecular weight is 348 g/mol. The normalized spacial score (nSPS) is 16.5. The Hall–Kier alpha value is -2.39. The van der Waals surface area contributed by atoms with Crippen LogP contribution in [0.2, 0.25) is 0 Å². The lowest BCUT2D eigenvalue weighted by atomic mass is 9.86. The third-order valence-corrected chi connectivity index (χ3v) is 4.70. The summed E-state index contributed by atoms with van der Waals surface area (Å²) in [6.07, 6.45) is 5.48. The van der Waals surface area contributed by atoms with Crippen LogP contribution in [0.25, 0.3) is 10.7 Å². The van der Waals surface area contributed by atoms with E-state index in [0.717, 1.165) is 0 Å².